The van der Waals surface area contributed by atoms with Crippen LogP contribution in [-0.4, -0.2) is 33.7 Å². The highest BCUT2D eigenvalue weighted by Crippen LogP contribution is 2.26. The number of carbonyl (C=O) groups excluding carboxylic acids is 1. The normalized spacial score (nSPS) is 11.2. The zero-order chi connectivity index (χ0) is 23.1. The van der Waals surface area contributed by atoms with Crippen LogP contribution in [0.3, 0.4) is 0 Å². The van der Waals surface area contributed by atoms with E-state index in [0.717, 1.165) is 17.1 Å². The quantitative estimate of drug-likeness (QED) is 0.459. The number of aryl methyl sites for hydroxylation is 2. The zero-order valence-electron chi connectivity index (χ0n) is 18.5. The highest BCUT2D eigenvalue weighted by Gasteiger charge is 2.24. The fourth-order valence-electron chi connectivity index (χ4n) is 3.26. The summed E-state index contributed by atoms with van der Waals surface area (Å²) >= 11 is 1.74. The van der Waals surface area contributed by atoms with E-state index in [1.54, 1.807) is 60.3 Å². The standard InChI is InChI=1S/C25H28N2O3S2/c1-19-11-13-22(14-12-19)32(29,30)27(3)24-10-5-4-9-23(24)25(28)26-15-16-31-18-21-8-6-7-20(2)17-21/h4-14,17H,15-16,18H2,1-3H3,(H,26,28). The lowest BCUT2D eigenvalue weighted by Crippen LogP contribution is -2.31. The Bertz CT molecular complexity index is 1180. The Morgan fingerprint density at radius 1 is 0.938 bits per heavy atom. The largest absolute Gasteiger partial charge is 0.351 e. The molecule has 0 bridgehead atoms. The summed E-state index contributed by atoms with van der Waals surface area (Å²) < 4.78 is 27.3. The van der Waals surface area contributed by atoms with Gasteiger partial charge in [0.05, 0.1) is 16.1 Å². The predicted molar refractivity (Wildman–Crippen MR) is 133 cm³/mol. The number of anilines is 1. The summed E-state index contributed by atoms with van der Waals surface area (Å²) in [7, 11) is -2.31. The van der Waals surface area contributed by atoms with Crippen molar-refractivity contribution >= 4 is 33.4 Å². The fraction of sp³-hybridized carbons (Fsp3) is 0.240. The van der Waals surface area contributed by atoms with Crippen molar-refractivity contribution in [3.63, 3.8) is 0 Å². The number of amides is 1. The van der Waals surface area contributed by atoms with Gasteiger partial charge in [0, 0.05) is 25.1 Å². The number of rotatable bonds is 9. The molecule has 0 aliphatic heterocycles. The molecular weight excluding hydrogens is 440 g/mol. The van der Waals surface area contributed by atoms with Crippen LogP contribution in [0.4, 0.5) is 5.69 Å². The first-order valence-corrected chi connectivity index (χ1v) is 12.9. The summed E-state index contributed by atoms with van der Waals surface area (Å²) in [5.74, 6) is 1.35. The van der Waals surface area contributed by atoms with Gasteiger partial charge >= 0.3 is 0 Å². The summed E-state index contributed by atoms with van der Waals surface area (Å²) in [4.78, 5) is 13.0. The monoisotopic (exact) mass is 468 g/mol. The Morgan fingerprint density at radius 2 is 1.66 bits per heavy atom. The third kappa shape index (κ3) is 5.93. The molecule has 0 spiro atoms. The van der Waals surface area contributed by atoms with Crippen LogP contribution >= 0.6 is 11.8 Å². The lowest BCUT2D eigenvalue weighted by molar-refractivity contribution is 0.0957. The molecule has 32 heavy (non-hydrogen) atoms. The number of hydrogen-bond acceptors (Lipinski definition) is 4. The van der Waals surface area contributed by atoms with Gasteiger partial charge in [0.15, 0.2) is 0 Å². The molecule has 0 saturated heterocycles. The van der Waals surface area contributed by atoms with Crippen molar-refractivity contribution in [1.29, 1.82) is 0 Å². The predicted octanol–water partition coefficient (Wildman–Crippen LogP) is 4.79. The van der Waals surface area contributed by atoms with E-state index in [-0.39, 0.29) is 10.8 Å². The molecule has 7 heteroatoms. The molecule has 3 aromatic rings. The molecule has 0 fully saturated rings. The van der Waals surface area contributed by atoms with Crippen LogP contribution in [-0.2, 0) is 15.8 Å². The van der Waals surface area contributed by atoms with E-state index in [9.17, 15) is 13.2 Å². The van der Waals surface area contributed by atoms with Gasteiger partial charge in [-0.3, -0.25) is 9.10 Å². The third-order valence-electron chi connectivity index (χ3n) is 5.05. The Kier molecular flexibility index (Phi) is 7.99. The summed E-state index contributed by atoms with van der Waals surface area (Å²) in [5, 5.41) is 2.91. The maximum Gasteiger partial charge on any atom is 0.264 e. The van der Waals surface area contributed by atoms with Crippen molar-refractivity contribution in [3.8, 4) is 0 Å². The van der Waals surface area contributed by atoms with Crippen molar-refractivity contribution in [1.82, 2.24) is 5.32 Å². The summed E-state index contributed by atoms with van der Waals surface area (Å²) in [5.41, 5.74) is 4.14. The Hall–Kier alpha value is -2.77. The molecule has 1 amide bonds. The van der Waals surface area contributed by atoms with Crippen LogP contribution in [0.5, 0.6) is 0 Å². The number of sulfonamides is 1. The Morgan fingerprint density at radius 3 is 2.38 bits per heavy atom. The first-order chi connectivity index (χ1) is 15.3. The highest BCUT2D eigenvalue weighted by atomic mass is 32.2. The third-order valence-corrected chi connectivity index (χ3v) is 7.87. The van der Waals surface area contributed by atoms with Crippen molar-refractivity contribution in [2.24, 2.45) is 0 Å². The molecule has 0 atom stereocenters. The number of nitrogens with one attached hydrogen (secondary N) is 1. The minimum absolute atomic E-state index is 0.188. The van der Waals surface area contributed by atoms with Gasteiger partial charge in [-0.25, -0.2) is 8.42 Å². The maximum atomic E-state index is 13.1. The molecule has 3 rings (SSSR count). The van der Waals surface area contributed by atoms with E-state index in [0.29, 0.717) is 17.8 Å². The maximum absolute atomic E-state index is 13.1. The van der Waals surface area contributed by atoms with Crippen LogP contribution < -0.4 is 9.62 Å². The number of thioether (sulfide) groups is 1. The number of benzene rings is 3. The van der Waals surface area contributed by atoms with Crippen molar-refractivity contribution in [3.05, 3.63) is 95.1 Å². The van der Waals surface area contributed by atoms with Gasteiger partial charge in [0.25, 0.3) is 15.9 Å². The van der Waals surface area contributed by atoms with Crippen molar-refractivity contribution in [2.45, 2.75) is 24.5 Å². The first-order valence-electron chi connectivity index (χ1n) is 10.3. The van der Waals surface area contributed by atoms with Gasteiger partial charge in [-0.1, -0.05) is 59.7 Å². The molecule has 0 heterocycles. The average Bonchev–Trinajstić information content (AvgIpc) is 2.78. The number of hydrogen-bond donors (Lipinski definition) is 1. The lowest BCUT2D eigenvalue weighted by atomic mass is 10.1. The number of carbonyl (C=O) groups is 1. The Balaban J connectivity index is 1.63. The fourth-order valence-corrected chi connectivity index (χ4v) is 5.28. The van der Waals surface area contributed by atoms with Crippen molar-refractivity contribution in [2.75, 3.05) is 23.7 Å². The smallest absolute Gasteiger partial charge is 0.264 e. The SMILES string of the molecule is Cc1ccc(S(=O)(=O)N(C)c2ccccc2C(=O)NCCSCc2cccc(C)c2)cc1. The van der Waals surface area contributed by atoms with E-state index < -0.39 is 10.0 Å². The molecule has 5 nitrogen and oxygen atoms in total. The molecule has 0 aromatic heterocycles. The van der Waals surface area contributed by atoms with Gasteiger partial charge < -0.3 is 5.32 Å². The highest BCUT2D eigenvalue weighted by molar-refractivity contribution is 7.98. The van der Waals surface area contributed by atoms with Crippen LogP contribution in [0.2, 0.25) is 0 Å². The molecule has 0 unspecified atom stereocenters. The topological polar surface area (TPSA) is 66.5 Å². The van der Waals surface area contributed by atoms with E-state index in [4.69, 9.17) is 0 Å². The number of nitrogens with zero attached hydrogens (tertiary/aromatic N) is 1. The molecule has 0 radical (unpaired) electrons. The molecule has 0 aliphatic carbocycles. The van der Waals surface area contributed by atoms with E-state index in [2.05, 4.69) is 30.4 Å². The second-order valence-corrected chi connectivity index (χ2v) is 10.7. The number of para-hydroxylation sites is 1. The van der Waals surface area contributed by atoms with Gasteiger partial charge in [-0.15, -0.1) is 0 Å². The second kappa shape index (κ2) is 10.7. The van der Waals surface area contributed by atoms with Crippen LogP contribution in [0.25, 0.3) is 0 Å². The molecule has 3 aromatic carbocycles. The van der Waals surface area contributed by atoms with Crippen molar-refractivity contribution < 1.29 is 13.2 Å². The van der Waals surface area contributed by atoms with E-state index >= 15 is 0 Å². The second-order valence-electron chi connectivity index (χ2n) is 7.60. The van der Waals surface area contributed by atoms with Gasteiger partial charge in [0.1, 0.15) is 0 Å². The van der Waals surface area contributed by atoms with E-state index in [1.165, 1.54) is 22.5 Å². The first kappa shape index (κ1) is 23.9. The minimum atomic E-state index is -3.78. The zero-order valence-corrected chi connectivity index (χ0v) is 20.2. The van der Waals surface area contributed by atoms with Gasteiger partial charge in [-0.2, -0.15) is 11.8 Å². The molecular formula is C25H28N2O3S2. The average molecular weight is 469 g/mol. The van der Waals surface area contributed by atoms with Crippen LogP contribution in [0.15, 0.2) is 77.7 Å². The van der Waals surface area contributed by atoms with Crippen LogP contribution in [0, 0.1) is 13.8 Å². The van der Waals surface area contributed by atoms with Crippen LogP contribution in [0.1, 0.15) is 27.0 Å². The minimum Gasteiger partial charge on any atom is -0.351 e. The molecule has 0 saturated carbocycles. The summed E-state index contributed by atoms with van der Waals surface area (Å²) in [6.07, 6.45) is 0. The van der Waals surface area contributed by atoms with Gasteiger partial charge in [-0.05, 0) is 43.7 Å². The lowest BCUT2D eigenvalue weighted by Gasteiger charge is -2.22. The van der Waals surface area contributed by atoms with Gasteiger partial charge in [0.2, 0.25) is 0 Å². The Labute approximate surface area is 194 Å². The molecule has 168 valence electrons. The molecule has 0 aliphatic rings. The van der Waals surface area contributed by atoms with E-state index in [1.807, 2.05) is 13.0 Å². The summed E-state index contributed by atoms with van der Waals surface area (Å²) in [6.45, 7) is 4.47. The summed E-state index contributed by atoms with van der Waals surface area (Å²) in [6, 6.07) is 21.8. The molecule has 1 N–H and O–H groups in total.